The SMILES string of the molecule is N=C(Cc1ccc2c(c1)C1CCNCC1O2)S(=O)(=O)c1ccccc1. The van der Waals surface area contributed by atoms with Crippen LogP contribution < -0.4 is 10.1 Å². The molecule has 0 aliphatic carbocycles. The van der Waals surface area contributed by atoms with Crippen LogP contribution in [0.3, 0.4) is 0 Å². The Labute approximate surface area is 147 Å². The smallest absolute Gasteiger partial charge is 0.219 e. The largest absolute Gasteiger partial charge is 0.488 e. The molecule has 2 atom stereocenters. The van der Waals surface area contributed by atoms with Crippen LogP contribution in [0.15, 0.2) is 53.4 Å². The number of hydrogen-bond acceptors (Lipinski definition) is 5. The van der Waals surface area contributed by atoms with Gasteiger partial charge < -0.3 is 10.1 Å². The Morgan fingerprint density at radius 2 is 2.00 bits per heavy atom. The van der Waals surface area contributed by atoms with Crippen LogP contribution in [0.25, 0.3) is 0 Å². The lowest BCUT2D eigenvalue weighted by Gasteiger charge is -2.24. The third-order valence-electron chi connectivity index (χ3n) is 4.92. The van der Waals surface area contributed by atoms with E-state index in [9.17, 15) is 8.42 Å². The van der Waals surface area contributed by atoms with Crippen molar-refractivity contribution in [3.8, 4) is 5.75 Å². The van der Waals surface area contributed by atoms with E-state index in [0.29, 0.717) is 5.92 Å². The van der Waals surface area contributed by atoms with Crippen molar-refractivity contribution in [2.75, 3.05) is 13.1 Å². The third-order valence-corrected chi connectivity index (χ3v) is 6.61. The Morgan fingerprint density at radius 1 is 1.20 bits per heavy atom. The molecule has 2 unspecified atom stereocenters. The molecule has 1 fully saturated rings. The molecule has 1 saturated heterocycles. The van der Waals surface area contributed by atoms with E-state index >= 15 is 0 Å². The van der Waals surface area contributed by atoms with Crippen molar-refractivity contribution < 1.29 is 13.2 Å². The van der Waals surface area contributed by atoms with Crippen molar-refractivity contribution >= 4 is 14.9 Å². The average molecular weight is 356 g/mol. The maximum Gasteiger partial charge on any atom is 0.219 e. The predicted octanol–water partition coefficient (Wildman–Crippen LogP) is 2.52. The summed E-state index contributed by atoms with van der Waals surface area (Å²) < 4.78 is 31.1. The summed E-state index contributed by atoms with van der Waals surface area (Å²) in [6, 6.07) is 13.9. The monoisotopic (exact) mass is 356 g/mol. The number of nitrogens with one attached hydrogen (secondary N) is 2. The Hall–Kier alpha value is -2.18. The summed E-state index contributed by atoms with van der Waals surface area (Å²) in [6.07, 6.45) is 1.27. The minimum atomic E-state index is -3.73. The number of sulfone groups is 1. The van der Waals surface area contributed by atoms with Crippen LogP contribution >= 0.6 is 0 Å². The van der Waals surface area contributed by atoms with E-state index in [4.69, 9.17) is 10.1 Å². The normalized spacial score (nSPS) is 21.9. The fourth-order valence-electron chi connectivity index (χ4n) is 3.60. The first-order valence-electron chi connectivity index (χ1n) is 8.43. The van der Waals surface area contributed by atoms with Crippen LogP contribution in [0.5, 0.6) is 5.75 Å². The molecule has 0 aromatic heterocycles. The van der Waals surface area contributed by atoms with E-state index in [2.05, 4.69) is 5.32 Å². The van der Waals surface area contributed by atoms with Gasteiger partial charge in [0.1, 0.15) is 16.9 Å². The zero-order valence-corrected chi connectivity index (χ0v) is 14.6. The van der Waals surface area contributed by atoms with Gasteiger partial charge in [0.25, 0.3) is 0 Å². The van der Waals surface area contributed by atoms with Crippen LogP contribution in [0, 0.1) is 5.41 Å². The van der Waals surface area contributed by atoms with E-state index < -0.39 is 9.84 Å². The van der Waals surface area contributed by atoms with E-state index in [-0.39, 0.29) is 22.5 Å². The number of hydrogen-bond donors (Lipinski definition) is 2. The second-order valence-corrected chi connectivity index (χ2v) is 8.52. The summed E-state index contributed by atoms with van der Waals surface area (Å²) in [5.41, 5.74) is 1.99. The zero-order valence-electron chi connectivity index (χ0n) is 13.7. The van der Waals surface area contributed by atoms with Gasteiger partial charge in [0.2, 0.25) is 9.84 Å². The Morgan fingerprint density at radius 3 is 2.80 bits per heavy atom. The Bertz CT molecular complexity index is 910. The van der Waals surface area contributed by atoms with Crippen molar-refractivity contribution in [3.05, 3.63) is 59.7 Å². The van der Waals surface area contributed by atoms with E-state index in [0.717, 1.165) is 36.4 Å². The molecule has 2 aromatic carbocycles. The highest BCUT2D eigenvalue weighted by molar-refractivity contribution is 8.06. The maximum atomic E-state index is 12.5. The minimum Gasteiger partial charge on any atom is -0.488 e. The Kier molecular flexibility index (Phi) is 4.09. The van der Waals surface area contributed by atoms with Crippen molar-refractivity contribution in [1.82, 2.24) is 5.32 Å². The number of benzene rings is 2. The molecule has 2 aromatic rings. The van der Waals surface area contributed by atoms with Gasteiger partial charge in [0.05, 0.1) is 4.90 Å². The van der Waals surface area contributed by atoms with Gasteiger partial charge in [-0.3, -0.25) is 5.41 Å². The summed E-state index contributed by atoms with van der Waals surface area (Å²) in [5.74, 6) is 1.25. The molecule has 0 saturated carbocycles. The maximum absolute atomic E-state index is 12.5. The van der Waals surface area contributed by atoms with Crippen LogP contribution in [0.1, 0.15) is 23.5 Å². The number of piperidine rings is 1. The summed E-state index contributed by atoms with van der Waals surface area (Å²) in [5, 5.41) is 11.2. The molecule has 130 valence electrons. The standard InChI is InChI=1S/C19H20N2O3S/c20-19(25(22,23)14-4-2-1-3-5-14)11-13-6-7-17-16(10-13)15-8-9-21-12-18(15)24-17/h1-7,10,15,18,20-21H,8-9,11-12H2. The molecule has 0 amide bonds. The Balaban J connectivity index is 1.57. The van der Waals surface area contributed by atoms with Crippen LogP contribution in [0.4, 0.5) is 0 Å². The molecule has 2 aliphatic heterocycles. The number of fused-ring (bicyclic) bond motifs is 3. The highest BCUT2D eigenvalue weighted by Crippen LogP contribution is 2.41. The molecule has 6 heteroatoms. The van der Waals surface area contributed by atoms with Crippen LogP contribution in [0.2, 0.25) is 0 Å². The second kappa shape index (κ2) is 6.28. The van der Waals surface area contributed by atoms with Crippen molar-refractivity contribution in [2.45, 2.75) is 29.8 Å². The van der Waals surface area contributed by atoms with Gasteiger partial charge in [-0.1, -0.05) is 30.3 Å². The first-order valence-corrected chi connectivity index (χ1v) is 9.92. The van der Waals surface area contributed by atoms with Gasteiger partial charge in [-0.25, -0.2) is 8.42 Å². The fraction of sp³-hybridized carbons (Fsp3) is 0.316. The van der Waals surface area contributed by atoms with E-state index in [1.807, 2.05) is 18.2 Å². The van der Waals surface area contributed by atoms with Crippen LogP contribution in [-0.2, 0) is 16.3 Å². The molecule has 2 aliphatic rings. The second-order valence-electron chi connectivity index (χ2n) is 6.54. The van der Waals surface area contributed by atoms with Crippen molar-refractivity contribution in [3.63, 3.8) is 0 Å². The molecule has 4 rings (SSSR count). The first kappa shape index (κ1) is 16.3. The van der Waals surface area contributed by atoms with Crippen molar-refractivity contribution in [1.29, 1.82) is 5.41 Å². The van der Waals surface area contributed by atoms with Gasteiger partial charge in [0, 0.05) is 24.4 Å². The third kappa shape index (κ3) is 2.96. The van der Waals surface area contributed by atoms with Gasteiger partial charge >= 0.3 is 0 Å². The summed E-state index contributed by atoms with van der Waals surface area (Å²) in [6.45, 7) is 1.80. The molecule has 5 nitrogen and oxygen atoms in total. The highest BCUT2D eigenvalue weighted by atomic mass is 32.2. The zero-order chi connectivity index (χ0) is 17.4. The van der Waals surface area contributed by atoms with Crippen LogP contribution in [-0.4, -0.2) is 32.7 Å². The lowest BCUT2D eigenvalue weighted by molar-refractivity contribution is 0.177. The summed E-state index contributed by atoms with van der Waals surface area (Å²) in [4.78, 5) is 0.169. The fourth-order valence-corrected chi connectivity index (χ4v) is 4.76. The van der Waals surface area contributed by atoms with Gasteiger partial charge in [-0.05, 0) is 36.7 Å². The van der Waals surface area contributed by atoms with Gasteiger partial charge in [-0.15, -0.1) is 0 Å². The molecule has 25 heavy (non-hydrogen) atoms. The molecular formula is C19H20N2O3S. The lowest BCUT2D eigenvalue weighted by Crippen LogP contribution is -2.39. The van der Waals surface area contributed by atoms with Crippen molar-refractivity contribution in [2.24, 2.45) is 0 Å². The summed E-state index contributed by atoms with van der Waals surface area (Å²) >= 11 is 0. The first-order chi connectivity index (χ1) is 12.1. The molecule has 0 radical (unpaired) electrons. The van der Waals surface area contributed by atoms with E-state index in [1.165, 1.54) is 12.1 Å². The predicted molar refractivity (Wildman–Crippen MR) is 96.1 cm³/mol. The topological polar surface area (TPSA) is 79.2 Å². The quantitative estimate of drug-likeness (QED) is 0.654. The minimum absolute atomic E-state index is 0.0974. The van der Waals surface area contributed by atoms with Gasteiger partial charge in [0.15, 0.2) is 0 Å². The molecule has 0 spiro atoms. The molecule has 0 bridgehead atoms. The molecule has 2 N–H and O–H groups in total. The molecular weight excluding hydrogens is 336 g/mol. The van der Waals surface area contributed by atoms with Gasteiger partial charge in [-0.2, -0.15) is 0 Å². The number of rotatable bonds is 3. The molecule has 2 heterocycles. The average Bonchev–Trinajstić information content (AvgIpc) is 3.00. The summed E-state index contributed by atoms with van der Waals surface area (Å²) in [7, 11) is -3.73. The van der Waals surface area contributed by atoms with E-state index in [1.54, 1.807) is 18.2 Å². The highest BCUT2D eigenvalue weighted by Gasteiger charge is 2.36. The lowest BCUT2D eigenvalue weighted by atomic mass is 9.89. The number of ether oxygens (including phenoxy) is 1.